The van der Waals surface area contributed by atoms with Crippen molar-refractivity contribution in [1.29, 1.82) is 0 Å². The maximum absolute atomic E-state index is 4.38. The van der Waals surface area contributed by atoms with E-state index in [9.17, 15) is 0 Å². The first kappa shape index (κ1) is 6.75. The van der Waals surface area contributed by atoms with Crippen LogP contribution in [0.3, 0.4) is 0 Å². The standard InChI is InChI=1S/C9H8NP/c1-7-6-8-4-2-3-5-9(8)10-11-7/h2-6H,1H3. The summed E-state index contributed by atoms with van der Waals surface area (Å²) >= 11 is 0. The number of hydrogen-bond donors (Lipinski definition) is 0. The van der Waals surface area contributed by atoms with Gasteiger partial charge in [0.25, 0.3) is 0 Å². The van der Waals surface area contributed by atoms with Gasteiger partial charge in [-0.15, -0.1) is 0 Å². The van der Waals surface area contributed by atoms with Crippen LogP contribution in [0, 0.1) is 6.92 Å². The van der Waals surface area contributed by atoms with E-state index in [4.69, 9.17) is 0 Å². The normalized spacial score (nSPS) is 11.0. The van der Waals surface area contributed by atoms with Crippen LogP contribution in [0.4, 0.5) is 0 Å². The minimum Gasteiger partial charge on any atom is -0.227 e. The highest BCUT2D eigenvalue weighted by molar-refractivity contribution is 7.26. The number of aryl methyl sites for hydroxylation is 1. The first-order valence-corrected chi connectivity index (χ1v) is 4.40. The van der Waals surface area contributed by atoms with Gasteiger partial charge >= 0.3 is 0 Å². The van der Waals surface area contributed by atoms with E-state index in [2.05, 4.69) is 23.8 Å². The molecule has 0 atom stereocenters. The summed E-state index contributed by atoms with van der Waals surface area (Å²) in [5, 5.41) is 2.55. The predicted octanol–water partition coefficient (Wildman–Crippen LogP) is 3.12. The van der Waals surface area contributed by atoms with Gasteiger partial charge in [0.15, 0.2) is 0 Å². The highest BCUT2D eigenvalue weighted by Gasteiger charge is 1.91. The third-order valence-corrected chi connectivity index (χ3v) is 2.38. The second kappa shape index (κ2) is 2.60. The second-order valence-electron chi connectivity index (χ2n) is 2.54. The SMILES string of the molecule is Cc1cc2ccccc2np1. The van der Waals surface area contributed by atoms with Gasteiger partial charge in [-0.25, -0.2) is 4.75 Å². The van der Waals surface area contributed by atoms with Gasteiger partial charge in [-0.3, -0.25) is 0 Å². The van der Waals surface area contributed by atoms with Gasteiger partial charge in [0, 0.05) is 13.7 Å². The first-order chi connectivity index (χ1) is 5.36. The molecule has 0 amide bonds. The molecule has 0 fully saturated rings. The molecule has 0 saturated carbocycles. The van der Waals surface area contributed by atoms with Crippen LogP contribution in [-0.4, -0.2) is 4.75 Å². The molecule has 0 aliphatic rings. The Hall–Kier alpha value is -0.940. The van der Waals surface area contributed by atoms with Crippen LogP contribution in [0.25, 0.3) is 10.9 Å². The van der Waals surface area contributed by atoms with Crippen molar-refractivity contribution in [3.8, 4) is 0 Å². The number of rotatable bonds is 0. The summed E-state index contributed by atoms with van der Waals surface area (Å²) in [6.07, 6.45) is 0. The molecule has 2 rings (SSSR count). The van der Waals surface area contributed by atoms with Gasteiger partial charge in [-0.1, -0.05) is 18.2 Å². The zero-order valence-electron chi connectivity index (χ0n) is 6.28. The third-order valence-electron chi connectivity index (χ3n) is 1.62. The highest BCUT2D eigenvalue weighted by Crippen LogP contribution is 2.17. The minimum atomic E-state index is 1.09. The summed E-state index contributed by atoms with van der Waals surface area (Å²) in [6, 6.07) is 10.4. The van der Waals surface area contributed by atoms with E-state index in [0.717, 1.165) is 13.9 Å². The number of hydrogen-bond acceptors (Lipinski definition) is 1. The summed E-state index contributed by atoms with van der Waals surface area (Å²) in [6.45, 7) is 2.10. The summed E-state index contributed by atoms with van der Waals surface area (Å²) in [5.41, 5.74) is 1.11. The van der Waals surface area contributed by atoms with E-state index >= 15 is 0 Å². The Morgan fingerprint density at radius 3 is 3.00 bits per heavy atom. The van der Waals surface area contributed by atoms with Crippen LogP contribution in [0.1, 0.15) is 5.30 Å². The monoisotopic (exact) mass is 161 g/mol. The zero-order chi connectivity index (χ0) is 7.68. The fourth-order valence-corrected chi connectivity index (χ4v) is 1.73. The molecule has 2 aromatic rings. The van der Waals surface area contributed by atoms with E-state index in [1.165, 1.54) is 10.7 Å². The first-order valence-electron chi connectivity index (χ1n) is 3.55. The Kier molecular flexibility index (Phi) is 1.59. The molecule has 0 aliphatic heterocycles. The molecule has 1 nitrogen and oxygen atoms in total. The molecule has 1 aromatic carbocycles. The van der Waals surface area contributed by atoms with E-state index < -0.39 is 0 Å². The van der Waals surface area contributed by atoms with Crippen molar-refractivity contribution in [2.45, 2.75) is 6.92 Å². The molecule has 2 heteroatoms. The molecule has 11 heavy (non-hydrogen) atoms. The maximum Gasteiger partial charge on any atom is 0.0751 e. The van der Waals surface area contributed by atoms with Crippen molar-refractivity contribution in [2.75, 3.05) is 0 Å². The van der Waals surface area contributed by atoms with E-state index in [1.54, 1.807) is 0 Å². The molecule has 0 N–H and O–H groups in total. The lowest BCUT2D eigenvalue weighted by Gasteiger charge is -1.95. The number of fused-ring (bicyclic) bond motifs is 1. The van der Waals surface area contributed by atoms with Crippen LogP contribution in [0.15, 0.2) is 30.3 Å². The molecule has 0 aliphatic carbocycles. The van der Waals surface area contributed by atoms with Crippen molar-refractivity contribution < 1.29 is 0 Å². The van der Waals surface area contributed by atoms with Crippen molar-refractivity contribution in [2.24, 2.45) is 0 Å². The lowest BCUT2D eigenvalue weighted by Crippen LogP contribution is -1.73. The third kappa shape index (κ3) is 1.24. The van der Waals surface area contributed by atoms with E-state index in [1.807, 2.05) is 18.2 Å². The lowest BCUT2D eigenvalue weighted by molar-refractivity contribution is 1.56. The van der Waals surface area contributed by atoms with E-state index in [-0.39, 0.29) is 0 Å². The summed E-state index contributed by atoms with van der Waals surface area (Å²) < 4.78 is 4.38. The van der Waals surface area contributed by atoms with Crippen molar-refractivity contribution in [1.82, 2.24) is 4.75 Å². The van der Waals surface area contributed by atoms with Gasteiger partial charge in [0.2, 0.25) is 0 Å². The van der Waals surface area contributed by atoms with Crippen molar-refractivity contribution in [3.63, 3.8) is 0 Å². The second-order valence-corrected chi connectivity index (χ2v) is 3.65. The van der Waals surface area contributed by atoms with Gasteiger partial charge in [-0.05, 0) is 24.4 Å². The number of nitrogens with zero attached hydrogens (tertiary/aromatic N) is 1. The molecular formula is C9H8NP. The molecule has 1 aromatic heterocycles. The van der Waals surface area contributed by atoms with Crippen LogP contribution >= 0.6 is 8.35 Å². The fourth-order valence-electron chi connectivity index (χ4n) is 1.09. The minimum absolute atomic E-state index is 1.09. The summed E-state index contributed by atoms with van der Waals surface area (Å²) in [4.78, 5) is 0. The Morgan fingerprint density at radius 2 is 2.09 bits per heavy atom. The van der Waals surface area contributed by atoms with Gasteiger partial charge in [0.05, 0.1) is 5.52 Å². The summed E-state index contributed by atoms with van der Waals surface area (Å²) in [7, 11) is 1.09. The van der Waals surface area contributed by atoms with Crippen molar-refractivity contribution >= 4 is 19.3 Å². The zero-order valence-corrected chi connectivity index (χ0v) is 7.18. The molecule has 54 valence electrons. The van der Waals surface area contributed by atoms with Crippen LogP contribution < -0.4 is 0 Å². The van der Waals surface area contributed by atoms with Gasteiger partial charge in [-0.2, -0.15) is 0 Å². The Morgan fingerprint density at radius 1 is 1.27 bits per heavy atom. The molecule has 0 saturated heterocycles. The van der Waals surface area contributed by atoms with Gasteiger partial charge in [0.1, 0.15) is 0 Å². The average molecular weight is 161 g/mol. The Bertz CT molecular complexity index is 384. The Labute approximate surface area is 67.3 Å². The topological polar surface area (TPSA) is 12.9 Å². The number of aromatic nitrogens is 1. The molecular weight excluding hydrogens is 153 g/mol. The quantitative estimate of drug-likeness (QED) is 0.578. The van der Waals surface area contributed by atoms with Crippen LogP contribution in [0.5, 0.6) is 0 Å². The molecule has 0 unspecified atom stereocenters. The van der Waals surface area contributed by atoms with Gasteiger partial charge < -0.3 is 0 Å². The predicted molar refractivity (Wildman–Crippen MR) is 49.0 cm³/mol. The van der Waals surface area contributed by atoms with Crippen molar-refractivity contribution in [3.05, 3.63) is 35.6 Å². The fraction of sp³-hybridized carbons (Fsp3) is 0.111. The van der Waals surface area contributed by atoms with E-state index in [0.29, 0.717) is 0 Å². The highest BCUT2D eigenvalue weighted by atomic mass is 31.0. The number of benzene rings is 1. The summed E-state index contributed by atoms with van der Waals surface area (Å²) in [5.74, 6) is 0. The molecule has 0 spiro atoms. The largest absolute Gasteiger partial charge is 0.227 e. The Balaban J connectivity index is 2.83. The average Bonchev–Trinajstić information content (AvgIpc) is 2.04. The smallest absolute Gasteiger partial charge is 0.0751 e. The lowest BCUT2D eigenvalue weighted by atomic mass is 10.2. The molecule has 0 bridgehead atoms. The molecule has 0 radical (unpaired) electrons. The molecule has 1 heterocycles. The maximum atomic E-state index is 4.38. The van der Waals surface area contributed by atoms with Crippen LogP contribution in [-0.2, 0) is 0 Å². The van der Waals surface area contributed by atoms with Crippen LogP contribution in [0.2, 0.25) is 0 Å².